The maximum Gasteiger partial charge on any atom is 0.248 e. The molecule has 0 saturated heterocycles. The maximum atomic E-state index is 12.8. The Morgan fingerprint density at radius 3 is 2.59 bits per heavy atom. The van der Waals surface area contributed by atoms with E-state index < -0.39 is 16.7 Å². The highest BCUT2D eigenvalue weighted by atomic mass is 32.2. The minimum Gasteiger partial charge on any atom is -0.366 e. The van der Waals surface area contributed by atoms with Crippen molar-refractivity contribution >= 4 is 16.7 Å². The summed E-state index contributed by atoms with van der Waals surface area (Å²) in [6.45, 7) is 0. The third kappa shape index (κ3) is 3.12. The van der Waals surface area contributed by atoms with E-state index in [9.17, 15) is 9.00 Å². The van der Waals surface area contributed by atoms with Crippen LogP contribution in [0.4, 0.5) is 0 Å². The Morgan fingerprint density at radius 1 is 1.14 bits per heavy atom. The fourth-order valence-corrected chi connectivity index (χ4v) is 4.68. The molecule has 0 saturated carbocycles. The van der Waals surface area contributed by atoms with Crippen molar-refractivity contribution in [2.24, 2.45) is 5.73 Å². The first-order chi connectivity index (χ1) is 10.6. The van der Waals surface area contributed by atoms with Crippen LogP contribution in [0.25, 0.3) is 0 Å². The number of carbonyl (C=O) groups excluding carboxylic acids is 1. The van der Waals surface area contributed by atoms with E-state index in [0.717, 1.165) is 24.8 Å². The van der Waals surface area contributed by atoms with E-state index in [4.69, 9.17) is 5.73 Å². The molecular formula is C18H19NO2S. The molecule has 2 aromatic rings. The Morgan fingerprint density at radius 2 is 1.86 bits per heavy atom. The quantitative estimate of drug-likeness (QED) is 0.943. The number of amides is 1. The maximum absolute atomic E-state index is 12.8. The van der Waals surface area contributed by atoms with Gasteiger partial charge in [0.1, 0.15) is 0 Å². The lowest BCUT2D eigenvalue weighted by Crippen LogP contribution is -2.15. The highest BCUT2D eigenvalue weighted by molar-refractivity contribution is 7.84. The molecule has 1 aliphatic carbocycles. The highest BCUT2D eigenvalue weighted by Crippen LogP contribution is 2.35. The second kappa shape index (κ2) is 6.44. The van der Waals surface area contributed by atoms with Crippen molar-refractivity contribution in [1.82, 2.24) is 0 Å². The third-order valence-corrected chi connectivity index (χ3v) is 5.92. The molecule has 1 aliphatic rings. The molecule has 0 heterocycles. The number of carbonyl (C=O) groups is 1. The van der Waals surface area contributed by atoms with Gasteiger partial charge in [0.25, 0.3) is 0 Å². The fourth-order valence-electron chi connectivity index (χ4n) is 3.01. The summed E-state index contributed by atoms with van der Waals surface area (Å²) < 4.78 is 12.8. The van der Waals surface area contributed by atoms with Gasteiger partial charge in [-0.1, -0.05) is 36.4 Å². The molecule has 3 nitrogen and oxygen atoms in total. The molecule has 0 spiro atoms. The zero-order valence-electron chi connectivity index (χ0n) is 12.3. The normalized spacial score (nSPS) is 18.5. The average molecular weight is 313 g/mol. The third-order valence-electron chi connectivity index (χ3n) is 4.18. The summed E-state index contributed by atoms with van der Waals surface area (Å²) in [5, 5.41) is 0.112. The predicted octanol–water partition coefficient (Wildman–Crippen LogP) is 3.11. The molecule has 22 heavy (non-hydrogen) atoms. The van der Waals surface area contributed by atoms with E-state index in [1.54, 1.807) is 12.1 Å². The van der Waals surface area contributed by atoms with Crippen LogP contribution in [0.15, 0.2) is 48.5 Å². The van der Waals surface area contributed by atoms with Gasteiger partial charge >= 0.3 is 0 Å². The van der Waals surface area contributed by atoms with Crippen LogP contribution in [0.5, 0.6) is 0 Å². The van der Waals surface area contributed by atoms with Crippen LogP contribution in [-0.2, 0) is 23.0 Å². The second-order valence-corrected chi connectivity index (χ2v) is 7.29. The Bertz CT molecular complexity index is 709. The molecular weight excluding hydrogens is 294 g/mol. The average Bonchev–Trinajstić information content (AvgIpc) is 2.54. The van der Waals surface area contributed by atoms with E-state index in [0.29, 0.717) is 11.3 Å². The van der Waals surface area contributed by atoms with Crippen LogP contribution in [0.3, 0.4) is 0 Å². The SMILES string of the molecule is NC(=O)c1ccc(C[S@@](=O)[C@@H]2CCCc3ccccc32)cc1. The van der Waals surface area contributed by atoms with E-state index in [1.807, 2.05) is 24.3 Å². The summed E-state index contributed by atoms with van der Waals surface area (Å²) >= 11 is 0. The van der Waals surface area contributed by atoms with Gasteiger partial charge in [-0.3, -0.25) is 9.00 Å². The first-order valence-corrected chi connectivity index (χ1v) is 8.87. The van der Waals surface area contributed by atoms with Crippen molar-refractivity contribution in [2.75, 3.05) is 0 Å². The molecule has 2 N–H and O–H groups in total. The summed E-state index contributed by atoms with van der Waals surface area (Å²) in [5.74, 6) is 0.0757. The van der Waals surface area contributed by atoms with Crippen LogP contribution >= 0.6 is 0 Å². The summed E-state index contributed by atoms with van der Waals surface area (Å²) in [6, 6.07) is 15.4. The molecule has 114 valence electrons. The number of nitrogens with two attached hydrogens (primary N) is 1. The Balaban J connectivity index is 1.76. The zero-order chi connectivity index (χ0) is 15.5. The number of fused-ring (bicyclic) bond motifs is 1. The number of benzene rings is 2. The van der Waals surface area contributed by atoms with Crippen molar-refractivity contribution in [2.45, 2.75) is 30.3 Å². The largest absolute Gasteiger partial charge is 0.366 e. The Kier molecular flexibility index (Phi) is 4.39. The van der Waals surface area contributed by atoms with E-state index >= 15 is 0 Å². The second-order valence-electron chi connectivity index (χ2n) is 5.67. The van der Waals surface area contributed by atoms with Gasteiger partial charge in [0.15, 0.2) is 0 Å². The first-order valence-electron chi connectivity index (χ1n) is 7.49. The lowest BCUT2D eigenvalue weighted by Gasteiger charge is -2.24. The van der Waals surface area contributed by atoms with Crippen LogP contribution in [0, 0.1) is 0 Å². The van der Waals surface area contributed by atoms with Gasteiger partial charge < -0.3 is 5.73 Å². The van der Waals surface area contributed by atoms with Crippen LogP contribution in [0.2, 0.25) is 0 Å². The smallest absolute Gasteiger partial charge is 0.248 e. The summed E-state index contributed by atoms with van der Waals surface area (Å²) in [5.41, 5.74) is 9.26. The zero-order valence-corrected chi connectivity index (χ0v) is 13.1. The number of primary amides is 1. The first kappa shape index (κ1) is 15.0. The van der Waals surface area contributed by atoms with Gasteiger partial charge in [-0.25, -0.2) is 0 Å². The minimum atomic E-state index is -0.952. The van der Waals surface area contributed by atoms with E-state index in [1.165, 1.54) is 11.1 Å². The Labute approximate surface area is 133 Å². The number of hydrogen-bond donors (Lipinski definition) is 1. The number of hydrogen-bond acceptors (Lipinski definition) is 2. The minimum absolute atomic E-state index is 0.112. The summed E-state index contributed by atoms with van der Waals surface area (Å²) in [7, 11) is -0.952. The molecule has 4 heteroatoms. The monoisotopic (exact) mass is 313 g/mol. The van der Waals surface area contributed by atoms with Crippen LogP contribution in [0.1, 0.15) is 45.1 Å². The van der Waals surface area contributed by atoms with Crippen molar-refractivity contribution in [3.05, 3.63) is 70.8 Å². The van der Waals surface area contributed by atoms with Gasteiger partial charge in [0.2, 0.25) is 5.91 Å². The highest BCUT2D eigenvalue weighted by Gasteiger charge is 2.24. The standard InChI is InChI=1S/C18H19NO2S/c19-18(20)15-10-8-13(9-11-15)12-22(21)17-7-3-5-14-4-1-2-6-16(14)17/h1-2,4,6,8-11,17H,3,5,7,12H2,(H2,19,20)/t17-,22-/m1/s1. The molecule has 0 aliphatic heterocycles. The summed E-state index contributed by atoms with van der Waals surface area (Å²) in [4.78, 5) is 11.1. The van der Waals surface area contributed by atoms with Crippen LogP contribution < -0.4 is 5.73 Å². The predicted molar refractivity (Wildman–Crippen MR) is 88.9 cm³/mol. The van der Waals surface area contributed by atoms with Gasteiger partial charge in [-0.2, -0.15) is 0 Å². The van der Waals surface area contributed by atoms with Crippen molar-refractivity contribution in [3.63, 3.8) is 0 Å². The number of aryl methyl sites for hydroxylation is 1. The lowest BCUT2D eigenvalue weighted by molar-refractivity contribution is 0.100. The molecule has 0 bridgehead atoms. The van der Waals surface area contributed by atoms with Crippen LogP contribution in [-0.4, -0.2) is 10.1 Å². The molecule has 0 unspecified atom stereocenters. The lowest BCUT2D eigenvalue weighted by atomic mass is 9.91. The van der Waals surface area contributed by atoms with Gasteiger partial charge in [-0.15, -0.1) is 0 Å². The van der Waals surface area contributed by atoms with Crippen molar-refractivity contribution in [3.8, 4) is 0 Å². The molecule has 1 amide bonds. The van der Waals surface area contributed by atoms with Gasteiger partial charge in [-0.05, 0) is 48.1 Å². The van der Waals surface area contributed by atoms with Gasteiger partial charge in [0, 0.05) is 22.1 Å². The Hall–Kier alpha value is -1.94. The fraction of sp³-hybridized carbons (Fsp3) is 0.278. The molecule has 0 aromatic heterocycles. The topological polar surface area (TPSA) is 60.2 Å². The van der Waals surface area contributed by atoms with Crippen molar-refractivity contribution < 1.29 is 9.00 Å². The molecule has 2 atom stereocenters. The van der Waals surface area contributed by atoms with Crippen molar-refractivity contribution in [1.29, 1.82) is 0 Å². The molecule has 0 radical (unpaired) electrons. The van der Waals surface area contributed by atoms with E-state index in [2.05, 4.69) is 12.1 Å². The molecule has 0 fully saturated rings. The summed E-state index contributed by atoms with van der Waals surface area (Å²) in [6.07, 6.45) is 3.15. The van der Waals surface area contributed by atoms with Gasteiger partial charge in [0.05, 0.1) is 5.25 Å². The molecule has 3 rings (SSSR count). The molecule has 2 aromatic carbocycles. The number of rotatable bonds is 4. The van der Waals surface area contributed by atoms with E-state index in [-0.39, 0.29) is 5.25 Å².